The smallest absolute Gasteiger partial charge is 0.178 e. The van der Waals surface area contributed by atoms with Gasteiger partial charge >= 0.3 is 0 Å². The van der Waals surface area contributed by atoms with Crippen molar-refractivity contribution in [2.24, 2.45) is 0 Å². The van der Waals surface area contributed by atoms with Gasteiger partial charge in [-0.15, -0.1) is 0 Å². The molecule has 1 aromatic carbocycles. The lowest BCUT2D eigenvalue weighted by Crippen LogP contribution is -2.20. The first-order valence-electron chi connectivity index (χ1n) is 6.17. The van der Waals surface area contributed by atoms with Crippen molar-refractivity contribution in [3.8, 4) is 6.07 Å². The lowest BCUT2D eigenvalue weighted by atomic mass is 9.88. The highest BCUT2D eigenvalue weighted by molar-refractivity contribution is 7.71. The summed E-state index contributed by atoms with van der Waals surface area (Å²) < 4.78 is 16.1. The van der Waals surface area contributed by atoms with Crippen LogP contribution in [-0.2, 0) is 12.8 Å². The molecule has 2 aromatic rings. The van der Waals surface area contributed by atoms with Gasteiger partial charge in [-0.05, 0) is 48.7 Å². The number of nitrogens with one attached hydrogen (secondary N) is 1. The largest absolute Gasteiger partial charge is 0.336 e. The molecule has 0 bridgehead atoms. The highest BCUT2D eigenvalue weighted by Gasteiger charge is 2.24. The van der Waals surface area contributed by atoms with Gasteiger partial charge in [-0.25, -0.2) is 4.39 Å². The molecule has 1 heterocycles. The molecule has 1 atom stereocenters. The van der Waals surface area contributed by atoms with Gasteiger partial charge in [-0.3, -0.25) is 0 Å². The average Bonchev–Trinajstić information content (AvgIpc) is 2.80. The molecule has 1 aliphatic rings. The number of fused-ring (bicyclic) bond motifs is 1. The first kappa shape index (κ1) is 12.1. The summed E-state index contributed by atoms with van der Waals surface area (Å²) in [6, 6.07) is 7.45. The molecule has 1 N–H and O–H groups in total. The Morgan fingerprint density at radius 3 is 3.11 bits per heavy atom. The Balaban J connectivity index is 2.01. The van der Waals surface area contributed by atoms with Gasteiger partial charge in [-0.2, -0.15) is 5.26 Å². The number of benzene rings is 1. The van der Waals surface area contributed by atoms with E-state index in [4.69, 9.17) is 17.5 Å². The molecule has 3 nitrogen and oxygen atoms in total. The predicted molar refractivity (Wildman–Crippen MR) is 71.8 cm³/mol. The zero-order valence-electron chi connectivity index (χ0n) is 10.2. The van der Waals surface area contributed by atoms with Gasteiger partial charge in [0.05, 0.1) is 0 Å². The van der Waals surface area contributed by atoms with E-state index in [1.165, 1.54) is 6.07 Å². The number of aromatic nitrogens is 2. The van der Waals surface area contributed by atoms with E-state index in [1.807, 2.05) is 10.6 Å². The van der Waals surface area contributed by atoms with E-state index in [1.54, 1.807) is 12.3 Å². The lowest BCUT2D eigenvalue weighted by Gasteiger charge is -2.26. The standard InChI is InChI=1S/C14H12FN3S/c15-13-3-1-2-9-6-10(4-5-12(9)13)18-11(7-16)8-17-14(18)19/h1-3,8,10H,4-6H2,(H,17,19). The summed E-state index contributed by atoms with van der Waals surface area (Å²) in [5, 5.41) is 9.10. The van der Waals surface area contributed by atoms with E-state index in [-0.39, 0.29) is 11.9 Å². The Labute approximate surface area is 115 Å². The number of H-pyrrole nitrogens is 1. The van der Waals surface area contributed by atoms with Crippen LogP contribution >= 0.6 is 12.2 Å². The maximum atomic E-state index is 13.7. The highest BCUT2D eigenvalue weighted by atomic mass is 32.1. The van der Waals surface area contributed by atoms with Crippen molar-refractivity contribution < 1.29 is 4.39 Å². The maximum absolute atomic E-state index is 13.7. The number of nitrogens with zero attached hydrogens (tertiary/aromatic N) is 2. The number of halogens is 1. The first-order chi connectivity index (χ1) is 9.20. The molecule has 1 aliphatic carbocycles. The number of hydrogen-bond donors (Lipinski definition) is 1. The summed E-state index contributed by atoms with van der Waals surface area (Å²) >= 11 is 5.23. The third kappa shape index (κ3) is 1.98. The summed E-state index contributed by atoms with van der Waals surface area (Å²) in [5.74, 6) is -0.130. The monoisotopic (exact) mass is 273 g/mol. The molecule has 0 radical (unpaired) electrons. The third-order valence-electron chi connectivity index (χ3n) is 3.69. The van der Waals surface area contributed by atoms with Gasteiger partial charge in [0.1, 0.15) is 17.6 Å². The van der Waals surface area contributed by atoms with Crippen LogP contribution in [-0.4, -0.2) is 9.55 Å². The molecule has 3 rings (SSSR count). The molecule has 1 unspecified atom stereocenters. The molecule has 0 spiro atoms. The van der Waals surface area contributed by atoms with Crippen molar-refractivity contribution >= 4 is 12.2 Å². The van der Waals surface area contributed by atoms with Gasteiger partial charge in [0, 0.05) is 12.2 Å². The van der Waals surface area contributed by atoms with E-state index in [9.17, 15) is 4.39 Å². The Morgan fingerprint density at radius 1 is 1.47 bits per heavy atom. The van der Waals surface area contributed by atoms with E-state index in [2.05, 4.69) is 11.1 Å². The number of rotatable bonds is 1. The summed E-state index contributed by atoms with van der Waals surface area (Å²) in [6.45, 7) is 0. The van der Waals surface area contributed by atoms with Crippen LogP contribution in [0.3, 0.4) is 0 Å². The van der Waals surface area contributed by atoms with Gasteiger partial charge in [0.15, 0.2) is 4.77 Å². The van der Waals surface area contributed by atoms with E-state index >= 15 is 0 Å². The summed E-state index contributed by atoms with van der Waals surface area (Å²) in [7, 11) is 0. The first-order valence-corrected chi connectivity index (χ1v) is 6.58. The highest BCUT2D eigenvalue weighted by Crippen LogP contribution is 2.31. The van der Waals surface area contributed by atoms with Crippen molar-refractivity contribution in [2.45, 2.75) is 25.3 Å². The molecule has 0 amide bonds. The number of imidazole rings is 1. The SMILES string of the molecule is N#Cc1c[nH]c(=S)n1C1CCc2c(F)cccc2C1. The van der Waals surface area contributed by atoms with E-state index < -0.39 is 0 Å². The fraction of sp³-hybridized carbons (Fsp3) is 0.286. The van der Waals surface area contributed by atoms with E-state index in [0.29, 0.717) is 23.3 Å². The zero-order valence-corrected chi connectivity index (χ0v) is 11.0. The minimum absolute atomic E-state index is 0.127. The van der Waals surface area contributed by atoms with Crippen LogP contribution in [0.1, 0.15) is 29.3 Å². The van der Waals surface area contributed by atoms with Crippen molar-refractivity contribution in [2.75, 3.05) is 0 Å². The second-order valence-corrected chi connectivity index (χ2v) is 5.12. The topological polar surface area (TPSA) is 44.5 Å². The van der Waals surface area contributed by atoms with Crippen molar-refractivity contribution in [3.05, 3.63) is 51.8 Å². The molecule has 1 aromatic heterocycles. The quantitative estimate of drug-likeness (QED) is 0.810. The Kier molecular flexibility index (Phi) is 2.96. The average molecular weight is 273 g/mol. The molecule has 0 saturated heterocycles. The number of hydrogen-bond acceptors (Lipinski definition) is 2. The van der Waals surface area contributed by atoms with Crippen LogP contribution in [0.25, 0.3) is 0 Å². The van der Waals surface area contributed by atoms with Crippen molar-refractivity contribution in [1.29, 1.82) is 5.26 Å². The molecule has 0 saturated carbocycles. The van der Waals surface area contributed by atoms with Gasteiger partial charge in [-0.1, -0.05) is 12.1 Å². The molecular formula is C14H12FN3S. The number of nitriles is 1. The fourth-order valence-corrected chi connectivity index (χ4v) is 3.10. The van der Waals surface area contributed by atoms with Crippen LogP contribution < -0.4 is 0 Å². The maximum Gasteiger partial charge on any atom is 0.178 e. The van der Waals surface area contributed by atoms with Crippen molar-refractivity contribution in [1.82, 2.24) is 9.55 Å². The molecule has 5 heteroatoms. The summed E-state index contributed by atoms with van der Waals surface area (Å²) in [5.41, 5.74) is 2.36. The van der Waals surface area contributed by atoms with Crippen LogP contribution in [0, 0.1) is 21.9 Å². The third-order valence-corrected chi connectivity index (χ3v) is 4.00. The normalized spacial score (nSPS) is 17.8. The minimum atomic E-state index is -0.130. The van der Waals surface area contributed by atoms with Crippen LogP contribution in [0.15, 0.2) is 24.4 Å². The molecule has 0 aliphatic heterocycles. The Morgan fingerprint density at radius 2 is 2.32 bits per heavy atom. The van der Waals surface area contributed by atoms with Crippen LogP contribution in [0.2, 0.25) is 0 Å². The molecule has 0 fully saturated rings. The van der Waals surface area contributed by atoms with Gasteiger partial charge in [0.25, 0.3) is 0 Å². The molecule has 19 heavy (non-hydrogen) atoms. The minimum Gasteiger partial charge on any atom is -0.336 e. The van der Waals surface area contributed by atoms with Crippen LogP contribution in [0.5, 0.6) is 0 Å². The molecule has 96 valence electrons. The summed E-state index contributed by atoms with van der Waals surface area (Å²) in [6.07, 6.45) is 3.83. The van der Waals surface area contributed by atoms with E-state index in [0.717, 1.165) is 17.5 Å². The predicted octanol–water partition coefficient (Wildman–Crippen LogP) is 3.29. The van der Waals surface area contributed by atoms with Crippen LogP contribution in [0.4, 0.5) is 4.39 Å². The van der Waals surface area contributed by atoms with Gasteiger partial charge in [0.2, 0.25) is 0 Å². The summed E-state index contributed by atoms with van der Waals surface area (Å²) in [4.78, 5) is 2.90. The Bertz CT molecular complexity index is 723. The second kappa shape index (κ2) is 4.63. The fourth-order valence-electron chi connectivity index (χ4n) is 2.79. The van der Waals surface area contributed by atoms with Crippen molar-refractivity contribution in [3.63, 3.8) is 0 Å². The molecular weight excluding hydrogens is 261 g/mol. The van der Waals surface area contributed by atoms with Gasteiger partial charge < -0.3 is 9.55 Å². The second-order valence-electron chi connectivity index (χ2n) is 4.74. The lowest BCUT2D eigenvalue weighted by molar-refractivity contribution is 0.426. The number of aromatic amines is 1. The Hall–Kier alpha value is -1.93. The zero-order chi connectivity index (χ0) is 13.4.